The van der Waals surface area contributed by atoms with Crippen molar-refractivity contribution < 1.29 is 9.53 Å². The fourth-order valence-electron chi connectivity index (χ4n) is 4.09. The van der Waals surface area contributed by atoms with Crippen LogP contribution in [-0.4, -0.2) is 110 Å². The molecule has 2 saturated heterocycles. The number of hydrogen-bond acceptors (Lipinski definition) is 6. The van der Waals surface area contributed by atoms with Gasteiger partial charge in [0.05, 0.1) is 6.54 Å². The fourth-order valence-corrected chi connectivity index (χ4v) is 4.09. The van der Waals surface area contributed by atoms with Gasteiger partial charge in [0.25, 0.3) is 0 Å². The van der Waals surface area contributed by atoms with E-state index >= 15 is 0 Å². The smallest absolute Gasteiger partial charge is 0.320 e. The zero-order chi connectivity index (χ0) is 20.8. The highest BCUT2D eigenvalue weighted by molar-refractivity contribution is 5.72. The number of hydrogen-bond donors (Lipinski definition) is 0. The Bertz CT molecular complexity index is 464. The first-order chi connectivity index (χ1) is 13.0. The number of rotatable bonds is 3. The summed E-state index contributed by atoms with van der Waals surface area (Å²) < 4.78 is 5.55. The third kappa shape index (κ3) is 9.68. The first kappa shape index (κ1) is 23.6. The van der Waals surface area contributed by atoms with Gasteiger partial charge < -0.3 is 19.4 Å². The molecule has 0 saturated carbocycles. The number of carbonyl (C=O) groups is 1. The summed E-state index contributed by atoms with van der Waals surface area (Å²) in [7, 11) is 0. The molecule has 2 fully saturated rings. The summed E-state index contributed by atoms with van der Waals surface area (Å²) in [6, 6.07) is 0. The van der Waals surface area contributed by atoms with Gasteiger partial charge in [-0.15, -0.1) is 0 Å². The fraction of sp³-hybridized carbons (Fsp3) is 0.955. The van der Waals surface area contributed by atoms with Crippen LogP contribution in [0, 0.1) is 5.41 Å². The van der Waals surface area contributed by atoms with Crippen molar-refractivity contribution in [1.29, 1.82) is 0 Å². The molecule has 0 N–H and O–H groups in total. The molecule has 6 nitrogen and oxygen atoms in total. The normalized spacial score (nSPS) is 26.9. The molecule has 2 bridgehead atoms. The Hall–Kier alpha value is -0.690. The van der Waals surface area contributed by atoms with Crippen LogP contribution < -0.4 is 0 Å². The quantitative estimate of drug-likeness (QED) is 0.680. The van der Waals surface area contributed by atoms with Gasteiger partial charge in [-0.25, -0.2) is 0 Å². The maximum Gasteiger partial charge on any atom is 0.320 e. The van der Waals surface area contributed by atoms with Crippen LogP contribution in [-0.2, 0) is 9.53 Å². The van der Waals surface area contributed by atoms with E-state index in [-0.39, 0.29) is 5.97 Å². The summed E-state index contributed by atoms with van der Waals surface area (Å²) in [6.45, 7) is 25.1. The van der Waals surface area contributed by atoms with Gasteiger partial charge in [0.15, 0.2) is 0 Å². The molecule has 0 radical (unpaired) electrons. The highest BCUT2D eigenvalue weighted by Gasteiger charge is 2.23. The lowest BCUT2D eigenvalue weighted by Gasteiger charge is -2.38. The van der Waals surface area contributed by atoms with Gasteiger partial charge in [0.1, 0.15) is 5.60 Å². The van der Waals surface area contributed by atoms with Crippen LogP contribution in [0.15, 0.2) is 0 Å². The van der Waals surface area contributed by atoms with Gasteiger partial charge in [-0.2, -0.15) is 0 Å². The highest BCUT2D eigenvalue weighted by Crippen LogP contribution is 2.16. The lowest BCUT2D eigenvalue weighted by atomic mass is 9.96. The predicted octanol–water partition coefficient (Wildman–Crippen LogP) is 2.00. The Morgan fingerprint density at radius 1 is 0.714 bits per heavy atom. The van der Waals surface area contributed by atoms with Gasteiger partial charge >= 0.3 is 5.97 Å². The van der Waals surface area contributed by atoms with Gasteiger partial charge in [0.2, 0.25) is 0 Å². The molecule has 0 aliphatic carbocycles. The Balaban J connectivity index is 1.99. The Labute approximate surface area is 173 Å². The third-order valence-electron chi connectivity index (χ3n) is 5.35. The van der Waals surface area contributed by atoms with Crippen molar-refractivity contribution in [3.63, 3.8) is 0 Å². The lowest BCUT2D eigenvalue weighted by Crippen LogP contribution is -2.50. The van der Waals surface area contributed by atoms with E-state index in [2.05, 4.69) is 40.4 Å². The number of fused-ring (bicyclic) bond motifs is 4. The first-order valence-corrected chi connectivity index (χ1v) is 11.1. The van der Waals surface area contributed by atoms with Crippen LogP contribution in [0.1, 0.15) is 48.0 Å². The van der Waals surface area contributed by atoms with Crippen molar-refractivity contribution in [3.05, 3.63) is 0 Å². The standard InChI is InChI=1S/C22H44N4O2/c1-21(2,3)19-26-16-12-23-8-7-9-24(13-17-26)11-15-25(14-10-23)18-20(27)28-22(4,5)6/h7-19H2,1-6H3. The largest absolute Gasteiger partial charge is 0.459 e. The number of ether oxygens (including phenoxy) is 1. The van der Waals surface area contributed by atoms with Crippen LogP contribution >= 0.6 is 0 Å². The van der Waals surface area contributed by atoms with Crippen LogP contribution in [0.3, 0.4) is 0 Å². The van der Waals surface area contributed by atoms with E-state index in [0.29, 0.717) is 12.0 Å². The summed E-state index contributed by atoms with van der Waals surface area (Å²) in [5.74, 6) is -0.105. The predicted molar refractivity (Wildman–Crippen MR) is 116 cm³/mol. The summed E-state index contributed by atoms with van der Waals surface area (Å²) in [6.07, 6.45) is 1.24. The van der Waals surface area contributed by atoms with Crippen molar-refractivity contribution >= 4 is 5.97 Å². The maximum absolute atomic E-state index is 12.3. The zero-order valence-corrected chi connectivity index (χ0v) is 19.3. The lowest BCUT2D eigenvalue weighted by molar-refractivity contribution is -0.156. The van der Waals surface area contributed by atoms with Crippen molar-refractivity contribution in [3.8, 4) is 0 Å². The van der Waals surface area contributed by atoms with E-state index in [0.717, 1.165) is 72.0 Å². The Morgan fingerprint density at radius 3 is 1.61 bits per heavy atom. The van der Waals surface area contributed by atoms with E-state index in [1.54, 1.807) is 0 Å². The molecular formula is C22H44N4O2. The summed E-state index contributed by atoms with van der Waals surface area (Å²) in [5.41, 5.74) is -0.0787. The van der Waals surface area contributed by atoms with E-state index in [4.69, 9.17) is 4.74 Å². The molecule has 164 valence electrons. The Kier molecular flexibility index (Phi) is 8.74. The maximum atomic E-state index is 12.3. The minimum absolute atomic E-state index is 0.105. The summed E-state index contributed by atoms with van der Waals surface area (Å²) >= 11 is 0. The number of carbonyl (C=O) groups excluding carboxylic acids is 1. The molecule has 2 rings (SSSR count). The van der Waals surface area contributed by atoms with Crippen LogP contribution in [0.2, 0.25) is 0 Å². The van der Waals surface area contributed by atoms with Crippen molar-refractivity contribution in [1.82, 2.24) is 19.6 Å². The minimum Gasteiger partial charge on any atom is -0.459 e. The second-order valence-corrected chi connectivity index (χ2v) is 10.7. The summed E-state index contributed by atoms with van der Waals surface area (Å²) in [4.78, 5) is 22.4. The zero-order valence-electron chi connectivity index (χ0n) is 19.3. The van der Waals surface area contributed by atoms with Gasteiger partial charge in [0, 0.05) is 58.9 Å². The summed E-state index contributed by atoms with van der Waals surface area (Å²) in [5, 5.41) is 0. The van der Waals surface area contributed by atoms with E-state index in [1.165, 1.54) is 6.42 Å². The molecule has 2 aliphatic rings. The molecule has 2 heterocycles. The highest BCUT2D eigenvalue weighted by atomic mass is 16.6. The molecule has 0 aromatic rings. The third-order valence-corrected chi connectivity index (χ3v) is 5.35. The van der Waals surface area contributed by atoms with Gasteiger partial charge in [-0.1, -0.05) is 20.8 Å². The van der Waals surface area contributed by atoms with Crippen molar-refractivity contribution in [2.45, 2.75) is 53.6 Å². The molecule has 6 heteroatoms. The average molecular weight is 397 g/mol. The topological polar surface area (TPSA) is 39.3 Å². The number of nitrogens with zero attached hydrogens (tertiary/aromatic N) is 4. The monoisotopic (exact) mass is 396 g/mol. The van der Waals surface area contributed by atoms with E-state index < -0.39 is 5.60 Å². The molecule has 2 unspecified atom stereocenters. The molecular weight excluding hydrogens is 352 g/mol. The van der Waals surface area contributed by atoms with Crippen LogP contribution in [0.25, 0.3) is 0 Å². The van der Waals surface area contributed by atoms with E-state index in [9.17, 15) is 4.79 Å². The average Bonchev–Trinajstić information content (AvgIpc) is 2.54. The number of esters is 1. The first-order valence-electron chi connectivity index (χ1n) is 11.1. The van der Waals surface area contributed by atoms with E-state index in [1.807, 2.05) is 20.8 Å². The molecule has 0 spiro atoms. The van der Waals surface area contributed by atoms with Crippen LogP contribution in [0.4, 0.5) is 0 Å². The SMILES string of the molecule is CC(C)(C)CN1CCN2CCCN(CCN(CC(=O)OC(C)(C)C)CC2)CC1. The molecule has 2 atom stereocenters. The van der Waals surface area contributed by atoms with Crippen LogP contribution in [0.5, 0.6) is 0 Å². The van der Waals surface area contributed by atoms with Gasteiger partial charge in [-0.05, 0) is 45.7 Å². The van der Waals surface area contributed by atoms with Crippen molar-refractivity contribution in [2.75, 3.05) is 78.5 Å². The van der Waals surface area contributed by atoms with Crippen molar-refractivity contribution in [2.24, 2.45) is 5.41 Å². The molecule has 0 aromatic heterocycles. The minimum atomic E-state index is -0.413. The second-order valence-electron chi connectivity index (χ2n) is 10.7. The molecule has 0 amide bonds. The molecule has 0 aromatic carbocycles. The Morgan fingerprint density at radius 2 is 1.18 bits per heavy atom. The molecule has 2 aliphatic heterocycles. The second kappa shape index (κ2) is 10.4. The van der Waals surface area contributed by atoms with Gasteiger partial charge in [-0.3, -0.25) is 9.69 Å². The molecule has 28 heavy (non-hydrogen) atoms.